The molecule has 3 aromatic rings. The van der Waals surface area contributed by atoms with Crippen LogP contribution in [0.2, 0.25) is 10.0 Å². The molecule has 0 saturated heterocycles. The molecular weight excluding hydrogens is 509 g/mol. The number of ether oxygens (including phenoxy) is 1. The van der Waals surface area contributed by atoms with Gasteiger partial charge in [-0.3, -0.25) is 9.59 Å². The van der Waals surface area contributed by atoms with E-state index in [1.54, 1.807) is 30.3 Å². The van der Waals surface area contributed by atoms with Gasteiger partial charge in [0.2, 0.25) is 0 Å². The van der Waals surface area contributed by atoms with Gasteiger partial charge < -0.3 is 20.3 Å². The third-order valence-electron chi connectivity index (χ3n) is 5.16. The summed E-state index contributed by atoms with van der Waals surface area (Å²) in [7, 11) is 0. The van der Waals surface area contributed by atoms with Crippen LogP contribution in [0.1, 0.15) is 29.8 Å². The maximum atomic E-state index is 13.0. The van der Waals surface area contributed by atoms with Crippen molar-refractivity contribution in [2.24, 2.45) is 0 Å². The number of benzene rings is 2. The van der Waals surface area contributed by atoms with Gasteiger partial charge >= 0.3 is 5.97 Å². The van der Waals surface area contributed by atoms with Crippen LogP contribution in [0, 0.1) is 0 Å². The van der Waals surface area contributed by atoms with E-state index in [4.69, 9.17) is 27.9 Å². The first-order chi connectivity index (χ1) is 17.1. The predicted octanol–water partition coefficient (Wildman–Crippen LogP) is 3.42. The van der Waals surface area contributed by atoms with E-state index < -0.39 is 23.5 Å². The fourth-order valence-electron chi connectivity index (χ4n) is 3.53. The lowest BCUT2D eigenvalue weighted by Gasteiger charge is -2.17. The van der Waals surface area contributed by atoms with Gasteiger partial charge in [-0.25, -0.2) is 9.48 Å². The summed E-state index contributed by atoms with van der Waals surface area (Å²) < 4.78 is 6.91. The van der Waals surface area contributed by atoms with Gasteiger partial charge in [-0.05, 0) is 37.1 Å². The number of carbonyl (C=O) groups excluding carboxylic acids is 1. The Labute approximate surface area is 217 Å². The number of aliphatic hydroxyl groups excluding tert-OH is 1. The lowest BCUT2D eigenvalue weighted by molar-refractivity contribution is -0.139. The van der Waals surface area contributed by atoms with E-state index in [0.29, 0.717) is 16.9 Å². The fourth-order valence-corrected chi connectivity index (χ4v) is 4.09. The molecule has 190 valence electrons. The van der Waals surface area contributed by atoms with Crippen LogP contribution in [-0.4, -0.2) is 50.6 Å². The molecule has 1 atom stereocenters. The van der Waals surface area contributed by atoms with Crippen molar-refractivity contribution in [2.75, 3.05) is 6.61 Å². The molecule has 0 unspecified atom stereocenters. The molecule has 1 amide bonds. The van der Waals surface area contributed by atoms with Crippen molar-refractivity contribution in [2.45, 2.75) is 39.0 Å². The summed E-state index contributed by atoms with van der Waals surface area (Å²) in [4.78, 5) is 37.5. The van der Waals surface area contributed by atoms with E-state index in [1.807, 2.05) is 13.8 Å². The topological polar surface area (TPSA) is 131 Å². The predicted molar refractivity (Wildman–Crippen MR) is 136 cm³/mol. The highest BCUT2D eigenvalue weighted by Crippen LogP contribution is 2.28. The SMILES string of the molecule is CC(C)Oc1cnn(CCO)c(=O)c1-c1ccc(C[C@H](NC(=O)c2c(Cl)cccc2Cl)C(=O)O)cc1. The number of aliphatic hydroxyl groups is 1. The molecular formula is C25H25Cl2N3O6. The van der Waals surface area contributed by atoms with Crippen LogP contribution in [0.4, 0.5) is 0 Å². The molecule has 11 heteroatoms. The molecule has 0 spiro atoms. The molecule has 3 rings (SSSR count). The molecule has 0 aliphatic heterocycles. The molecule has 0 radical (unpaired) electrons. The monoisotopic (exact) mass is 533 g/mol. The number of aromatic nitrogens is 2. The van der Waals surface area contributed by atoms with Gasteiger partial charge in [0.05, 0.1) is 46.6 Å². The first-order valence-electron chi connectivity index (χ1n) is 11.1. The highest BCUT2D eigenvalue weighted by Gasteiger charge is 2.24. The van der Waals surface area contributed by atoms with E-state index in [1.165, 1.54) is 18.3 Å². The molecule has 0 aliphatic rings. The van der Waals surface area contributed by atoms with Crippen molar-refractivity contribution in [3.8, 4) is 16.9 Å². The van der Waals surface area contributed by atoms with E-state index in [0.717, 1.165) is 4.68 Å². The minimum Gasteiger partial charge on any atom is -0.488 e. The molecule has 9 nitrogen and oxygen atoms in total. The second kappa shape index (κ2) is 12.0. The molecule has 1 aromatic heterocycles. The zero-order valence-electron chi connectivity index (χ0n) is 19.6. The van der Waals surface area contributed by atoms with Crippen molar-refractivity contribution in [1.29, 1.82) is 0 Å². The number of carbonyl (C=O) groups is 2. The Morgan fingerprint density at radius 2 is 1.75 bits per heavy atom. The van der Waals surface area contributed by atoms with Gasteiger partial charge in [0.1, 0.15) is 6.04 Å². The maximum Gasteiger partial charge on any atom is 0.326 e. The average Bonchev–Trinajstić information content (AvgIpc) is 2.81. The standard InChI is InChI=1S/C25H25Cl2N3O6/c1-14(2)36-20-13-28-30(10-11-31)24(33)21(20)16-8-6-15(7-9-16)12-19(25(34)35)29-23(32)22-17(26)4-3-5-18(22)27/h3-9,13-14,19,31H,10-12H2,1-2H3,(H,29,32)(H,34,35)/t19-/m0/s1. The molecule has 0 fully saturated rings. The number of hydrogen-bond donors (Lipinski definition) is 3. The number of aliphatic carboxylic acids is 1. The van der Waals surface area contributed by atoms with Crippen molar-refractivity contribution in [1.82, 2.24) is 15.1 Å². The third kappa shape index (κ3) is 6.42. The molecule has 1 heterocycles. The van der Waals surface area contributed by atoms with Crippen molar-refractivity contribution in [3.05, 3.63) is 80.2 Å². The molecule has 0 aliphatic carbocycles. The van der Waals surface area contributed by atoms with Crippen LogP contribution in [0.25, 0.3) is 11.1 Å². The number of rotatable bonds is 10. The Kier molecular flexibility index (Phi) is 9.08. The zero-order valence-corrected chi connectivity index (χ0v) is 21.1. The molecule has 0 bridgehead atoms. The highest BCUT2D eigenvalue weighted by atomic mass is 35.5. The van der Waals surface area contributed by atoms with Gasteiger partial charge in [0, 0.05) is 6.42 Å². The van der Waals surface area contributed by atoms with Crippen molar-refractivity contribution >= 4 is 35.1 Å². The summed E-state index contributed by atoms with van der Waals surface area (Å²) in [6.45, 7) is 3.42. The largest absolute Gasteiger partial charge is 0.488 e. The van der Waals surface area contributed by atoms with Crippen LogP contribution in [0.5, 0.6) is 5.75 Å². The van der Waals surface area contributed by atoms with Crippen molar-refractivity contribution in [3.63, 3.8) is 0 Å². The number of carboxylic acids is 1. The van der Waals surface area contributed by atoms with Crippen LogP contribution in [-0.2, 0) is 17.8 Å². The fraction of sp³-hybridized carbons (Fsp3) is 0.280. The first-order valence-corrected chi connectivity index (χ1v) is 11.8. The third-order valence-corrected chi connectivity index (χ3v) is 5.79. The van der Waals surface area contributed by atoms with Gasteiger partial charge in [-0.2, -0.15) is 5.10 Å². The number of nitrogens with one attached hydrogen (secondary N) is 1. The van der Waals surface area contributed by atoms with E-state index in [2.05, 4.69) is 10.4 Å². The van der Waals surface area contributed by atoms with Crippen LogP contribution >= 0.6 is 23.2 Å². The van der Waals surface area contributed by atoms with Crippen LogP contribution in [0.3, 0.4) is 0 Å². The zero-order chi connectivity index (χ0) is 26.4. The summed E-state index contributed by atoms with van der Waals surface area (Å²) in [5.41, 5.74) is 0.981. The van der Waals surface area contributed by atoms with E-state index >= 15 is 0 Å². The lowest BCUT2D eigenvalue weighted by Crippen LogP contribution is -2.42. The summed E-state index contributed by atoms with van der Waals surface area (Å²) in [5.74, 6) is -1.64. The van der Waals surface area contributed by atoms with Crippen molar-refractivity contribution < 1.29 is 24.5 Å². The summed E-state index contributed by atoms with van der Waals surface area (Å²) in [6, 6.07) is 9.95. The Morgan fingerprint density at radius 1 is 1.11 bits per heavy atom. The molecule has 0 saturated carbocycles. The average molecular weight is 534 g/mol. The second-order valence-electron chi connectivity index (χ2n) is 8.16. The van der Waals surface area contributed by atoms with Gasteiger partial charge in [0.25, 0.3) is 11.5 Å². The van der Waals surface area contributed by atoms with Crippen LogP contribution < -0.4 is 15.6 Å². The van der Waals surface area contributed by atoms with E-state index in [9.17, 15) is 24.6 Å². The number of hydrogen-bond acceptors (Lipinski definition) is 6. The number of halogens is 2. The Hall–Kier alpha value is -3.40. The minimum atomic E-state index is -1.25. The Morgan fingerprint density at radius 3 is 2.31 bits per heavy atom. The Bertz CT molecular complexity index is 1290. The molecule has 2 aromatic carbocycles. The highest BCUT2D eigenvalue weighted by molar-refractivity contribution is 6.39. The van der Waals surface area contributed by atoms with Gasteiger partial charge in [0.15, 0.2) is 5.75 Å². The van der Waals surface area contributed by atoms with E-state index in [-0.39, 0.29) is 46.8 Å². The first kappa shape index (κ1) is 27.2. The van der Waals surface area contributed by atoms with Gasteiger partial charge in [-0.15, -0.1) is 0 Å². The summed E-state index contributed by atoms with van der Waals surface area (Å²) in [6.07, 6.45) is 1.20. The smallest absolute Gasteiger partial charge is 0.326 e. The van der Waals surface area contributed by atoms with Gasteiger partial charge in [-0.1, -0.05) is 53.5 Å². The van der Waals surface area contributed by atoms with Crippen LogP contribution in [0.15, 0.2) is 53.5 Å². The molecule has 36 heavy (non-hydrogen) atoms. The number of carboxylic acid groups (broad SMARTS) is 1. The number of nitrogens with zero attached hydrogens (tertiary/aromatic N) is 2. The summed E-state index contributed by atoms with van der Waals surface area (Å²) >= 11 is 12.1. The normalized spacial score (nSPS) is 11.8. The minimum absolute atomic E-state index is 0.00282. The number of amides is 1. The Balaban J connectivity index is 1.87. The molecule has 3 N–H and O–H groups in total. The quantitative estimate of drug-likeness (QED) is 0.363. The maximum absolute atomic E-state index is 13.0. The lowest BCUT2D eigenvalue weighted by atomic mass is 10.0. The second-order valence-corrected chi connectivity index (χ2v) is 8.98. The summed E-state index contributed by atoms with van der Waals surface area (Å²) in [5, 5.41) is 25.6.